The molecule has 0 aliphatic carbocycles. The summed E-state index contributed by atoms with van der Waals surface area (Å²) in [5, 5.41) is 0. The molecule has 0 bridgehead atoms. The lowest BCUT2D eigenvalue weighted by molar-refractivity contribution is -0.116. The van der Waals surface area contributed by atoms with Crippen molar-refractivity contribution in [2.24, 2.45) is 11.8 Å². The zero-order chi connectivity index (χ0) is 15.9. The molecule has 1 saturated heterocycles. The molecule has 0 radical (unpaired) electrons. The minimum Gasteiger partial charge on any atom is -0.360 e. The maximum Gasteiger partial charge on any atom is 0.145 e. The van der Waals surface area contributed by atoms with E-state index in [2.05, 4.69) is 53.4 Å². The van der Waals surface area contributed by atoms with Crippen LogP contribution < -0.4 is 0 Å². The summed E-state index contributed by atoms with van der Waals surface area (Å²) >= 11 is 0. The molecule has 0 aromatic heterocycles. The van der Waals surface area contributed by atoms with Gasteiger partial charge in [0.1, 0.15) is 11.8 Å². The number of ether oxygens (including phenoxy) is 1. The highest BCUT2D eigenvalue weighted by Crippen LogP contribution is 2.49. The minimum absolute atomic E-state index is 0.0475. The Morgan fingerprint density at radius 3 is 2.19 bits per heavy atom. The highest BCUT2D eigenvalue weighted by atomic mass is 19.1. The van der Waals surface area contributed by atoms with Crippen LogP contribution in [0.3, 0.4) is 0 Å². The molecule has 0 unspecified atom stereocenters. The third kappa shape index (κ3) is 2.79. The third-order valence-corrected chi connectivity index (χ3v) is 5.19. The van der Waals surface area contributed by atoms with Crippen molar-refractivity contribution in [1.29, 1.82) is 0 Å². The van der Waals surface area contributed by atoms with Crippen molar-refractivity contribution in [2.75, 3.05) is 13.1 Å². The predicted molar refractivity (Wildman–Crippen MR) is 86.2 cm³/mol. The summed E-state index contributed by atoms with van der Waals surface area (Å²) in [6.45, 7) is 16.6. The van der Waals surface area contributed by atoms with Gasteiger partial charge in [0.2, 0.25) is 0 Å². The Morgan fingerprint density at radius 1 is 1.14 bits per heavy atom. The number of likely N-dealkylation sites (tertiary alicyclic amines) is 1. The first-order valence-electron chi connectivity index (χ1n) is 8.51. The molecule has 2 aliphatic rings. The molecule has 0 aromatic carbocycles. The van der Waals surface area contributed by atoms with Gasteiger partial charge in [-0.15, -0.1) is 0 Å². The second-order valence-electron chi connectivity index (χ2n) is 7.63. The van der Waals surface area contributed by atoms with Crippen LogP contribution in [-0.2, 0) is 4.74 Å². The first kappa shape index (κ1) is 17.0. The van der Waals surface area contributed by atoms with Crippen LogP contribution in [0.15, 0.2) is 11.1 Å². The Morgan fingerprint density at radius 2 is 1.76 bits per heavy atom. The van der Waals surface area contributed by atoms with Crippen LogP contribution in [-0.4, -0.2) is 41.9 Å². The molecule has 0 saturated carbocycles. The van der Waals surface area contributed by atoms with Gasteiger partial charge in [-0.3, -0.25) is 4.90 Å². The summed E-state index contributed by atoms with van der Waals surface area (Å²) in [5.41, 5.74) is 1.92. The number of piperidine rings is 1. The highest BCUT2D eigenvalue weighted by Gasteiger charge is 2.54. The Hall–Kier alpha value is -0.410. The molecule has 1 spiro atoms. The van der Waals surface area contributed by atoms with Crippen LogP contribution in [0.5, 0.6) is 0 Å². The summed E-state index contributed by atoms with van der Waals surface area (Å²) in [5.74, 6) is 0.767. The highest BCUT2D eigenvalue weighted by molar-refractivity contribution is 5.37. The van der Waals surface area contributed by atoms with Crippen LogP contribution in [0.1, 0.15) is 54.9 Å². The van der Waals surface area contributed by atoms with Crippen LogP contribution in [0.25, 0.3) is 0 Å². The van der Waals surface area contributed by atoms with E-state index in [-0.39, 0.29) is 6.10 Å². The third-order valence-electron chi connectivity index (χ3n) is 5.19. The molecule has 3 atom stereocenters. The van der Waals surface area contributed by atoms with Gasteiger partial charge < -0.3 is 4.74 Å². The van der Waals surface area contributed by atoms with Crippen molar-refractivity contribution < 1.29 is 9.13 Å². The minimum atomic E-state index is -0.926. The number of rotatable bonds is 3. The van der Waals surface area contributed by atoms with Gasteiger partial charge in [-0.2, -0.15) is 0 Å². The SMILES string of the molecule is CC(C)C1=C(C(C)C)[C@@]2(CCN(C(C)C)C[C@H]2F)O[C@@H]1C. The van der Waals surface area contributed by atoms with Crippen LogP contribution in [0, 0.1) is 11.8 Å². The average Bonchev–Trinajstić information content (AvgIpc) is 2.66. The first-order valence-corrected chi connectivity index (χ1v) is 8.51. The molecule has 122 valence electrons. The van der Waals surface area contributed by atoms with Gasteiger partial charge in [0.25, 0.3) is 0 Å². The smallest absolute Gasteiger partial charge is 0.145 e. The lowest BCUT2D eigenvalue weighted by Gasteiger charge is -2.45. The van der Waals surface area contributed by atoms with Crippen LogP contribution in [0.2, 0.25) is 0 Å². The summed E-state index contributed by atoms with van der Waals surface area (Å²) in [4.78, 5) is 2.23. The number of hydrogen-bond donors (Lipinski definition) is 0. The van der Waals surface area contributed by atoms with Gasteiger partial charge in [-0.05, 0) is 50.2 Å². The number of hydrogen-bond acceptors (Lipinski definition) is 2. The number of nitrogens with zero attached hydrogens (tertiary/aromatic N) is 1. The van der Waals surface area contributed by atoms with Crippen molar-refractivity contribution in [3.05, 3.63) is 11.1 Å². The van der Waals surface area contributed by atoms with Gasteiger partial charge in [0.05, 0.1) is 6.10 Å². The van der Waals surface area contributed by atoms with E-state index in [1.165, 1.54) is 11.1 Å². The van der Waals surface area contributed by atoms with E-state index in [0.29, 0.717) is 24.4 Å². The van der Waals surface area contributed by atoms with Gasteiger partial charge in [0, 0.05) is 19.1 Å². The number of halogens is 1. The van der Waals surface area contributed by atoms with Crippen molar-refractivity contribution in [1.82, 2.24) is 4.90 Å². The largest absolute Gasteiger partial charge is 0.360 e. The maximum absolute atomic E-state index is 15.2. The lowest BCUT2D eigenvalue weighted by Crippen LogP contribution is -2.57. The first-order chi connectivity index (χ1) is 9.70. The van der Waals surface area contributed by atoms with Gasteiger partial charge in [-0.25, -0.2) is 4.39 Å². The molecule has 0 N–H and O–H groups in total. The standard InChI is InChI=1S/C18H32FNO/c1-11(2)16-14(7)21-18(17(16)12(3)4)8-9-20(13(5)6)10-15(18)19/h11-15H,8-10H2,1-7H3/t14-,15-,18+/m1/s1. The van der Waals surface area contributed by atoms with E-state index < -0.39 is 11.8 Å². The topological polar surface area (TPSA) is 12.5 Å². The Balaban J connectivity index is 2.39. The van der Waals surface area contributed by atoms with E-state index in [1.54, 1.807) is 0 Å². The van der Waals surface area contributed by atoms with Crippen molar-refractivity contribution in [3.63, 3.8) is 0 Å². The van der Waals surface area contributed by atoms with E-state index in [0.717, 1.165) is 13.0 Å². The Kier molecular flexibility index (Phi) is 4.84. The molecule has 0 aromatic rings. The maximum atomic E-state index is 15.2. The summed E-state index contributed by atoms with van der Waals surface area (Å²) in [6, 6.07) is 0.399. The second-order valence-corrected chi connectivity index (χ2v) is 7.63. The summed E-state index contributed by atoms with van der Waals surface area (Å²) in [6.07, 6.45) is -0.101. The molecule has 2 nitrogen and oxygen atoms in total. The normalized spacial score (nSPS) is 35.0. The Labute approximate surface area is 129 Å². The van der Waals surface area contributed by atoms with Gasteiger partial charge in [-0.1, -0.05) is 27.7 Å². The Bertz CT molecular complexity index is 415. The summed E-state index contributed by atoms with van der Waals surface area (Å²) in [7, 11) is 0. The van der Waals surface area contributed by atoms with E-state index in [9.17, 15) is 0 Å². The monoisotopic (exact) mass is 297 g/mol. The quantitative estimate of drug-likeness (QED) is 0.724. The van der Waals surface area contributed by atoms with E-state index >= 15 is 4.39 Å². The molecular weight excluding hydrogens is 265 g/mol. The van der Waals surface area contributed by atoms with Crippen molar-refractivity contribution in [3.8, 4) is 0 Å². The van der Waals surface area contributed by atoms with Gasteiger partial charge >= 0.3 is 0 Å². The second kappa shape index (κ2) is 6.00. The molecule has 21 heavy (non-hydrogen) atoms. The molecule has 2 heterocycles. The fourth-order valence-electron chi connectivity index (χ4n) is 4.32. The molecule has 1 fully saturated rings. The summed E-state index contributed by atoms with van der Waals surface area (Å²) < 4.78 is 21.5. The predicted octanol–water partition coefficient (Wildman–Crippen LogP) is 4.20. The van der Waals surface area contributed by atoms with E-state index in [4.69, 9.17) is 4.74 Å². The van der Waals surface area contributed by atoms with Crippen LogP contribution in [0.4, 0.5) is 4.39 Å². The fourth-order valence-corrected chi connectivity index (χ4v) is 4.32. The fraction of sp³-hybridized carbons (Fsp3) is 0.889. The van der Waals surface area contributed by atoms with Crippen molar-refractivity contribution in [2.45, 2.75) is 78.8 Å². The molecule has 2 rings (SSSR count). The zero-order valence-electron chi connectivity index (χ0n) is 14.7. The molecule has 2 aliphatic heterocycles. The molecule has 0 amide bonds. The average molecular weight is 297 g/mol. The zero-order valence-corrected chi connectivity index (χ0v) is 14.7. The molecular formula is C18H32FNO. The molecule has 3 heteroatoms. The van der Waals surface area contributed by atoms with E-state index in [1.807, 2.05) is 0 Å². The van der Waals surface area contributed by atoms with Crippen LogP contribution >= 0.6 is 0 Å². The lowest BCUT2D eigenvalue weighted by atomic mass is 9.75. The number of alkyl halides is 1. The van der Waals surface area contributed by atoms with Gasteiger partial charge in [0.15, 0.2) is 0 Å². The van der Waals surface area contributed by atoms with Crippen molar-refractivity contribution >= 4 is 0 Å².